The molecule has 0 aromatic carbocycles. The summed E-state index contributed by atoms with van der Waals surface area (Å²) in [5.41, 5.74) is 0.762. The van der Waals surface area contributed by atoms with Crippen LogP contribution in [0.25, 0.3) is 0 Å². The first kappa shape index (κ1) is 27.8. The number of Topliss-reactive ketones (excluding diaryl/α,β-unsaturated/α-hetero) is 1. The van der Waals surface area contributed by atoms with Crippen molar-refractivity contribution < 1.29 is 14.3 Å². The van der Waals surface area contributed by atoms with Crippen molar-refractivity contribution >= 4 is 5.78 Å². The van der Waals surface area contributed by atoms with Gasteiger partial charge in [0.05, 0.1) is 13.2 Å². The molecule has 5 fully saturated rings. The van der Waals surface area contributed by atoms with E-state index in [0.29, 0.717) is 46.2 Å². The van der Waals surface area contributed by atoms with Crippen LogP contribution in [0.2, 0.25) is 0 Å². The number of carbonyl (C=O) groups excluding carboxylic acids is 1. The second kappa shape index (κ2) is 12.3. The quantitative estimate of drug-likeness (QED) is 0.427. The van der Waals surface area contributed by atoms with E-state index in [4.69, 9.17) is 9.47 Å². The van der Waals surface area contributed by atoms with Crippen molar-refractivity contribution in [2.24, 2.45) is 40.4 Å². The molecule has 5 rings (SSSR count). The van der Waals surface area contributed by atoms with Crippen molar-refractivity contribution in [2.75, 3.05) is 13.2 Å². The molecule has 32 heavy (non-hydrogen) atoms. The fraction of sp³-hybridized carbons (Fsp3) is 0.966. The van der Waals surface area contributed by atoms with Gasteiger partial charge < -0.3 is 9.47 Å². The van der Waals surface area contributed by atoms with Gasteiger partial charge in [-0.1, -0.05) is 68.2 Å². The molecule has 4 aliphatic carbocycles. The lowest BCUT2D eigenvalue weighted by Gasteiger charge is -2.59. The Hall–Kier alpha value is -0.410. The van der Waals surface area contributed by atoms with Crippen molar-refractivity contribution in [3.8, 4) is 0 Å². The van der Waals surface area contributed by atoms with Gasteiger partial charge >= 0.3 is 0 Å². The first-order valence-corrected chi connectivity index (χ1v) is 14.3. The molecular weight excluding hydrogens is 396 g/mol. The maximum absolute atomic E-state index is 13.3. The molecule has 3 heteroatoms. The lowest BCUT2D eigenvalue weighted by atomic mass is 9.44. The van der Waals surface area contributed by atoms with Gasteiger partial charge in [0.15, 0.2) is 6.29 Å². The SMILES string of the molecule is CC.CC.CC.CC12CCCCC1CC(=O)C1C2CCC2(C)C1CC[C@@H]2CC1OCCO1. The average Bonchev–Trinajstić information content (AvgIpc) is 3.46. The number of hydrogen-bond donors (Lipinski definition) is 0. The predicted molar refractivity (Wildman–Crippen MR) is 135 cm³/mol. The Morgan fingerprint density at radius 1 is 0.781 bits per heavy atom. The van der Waals surface area contributed by atoms with Gasteiger partial charge in [0.25, 0.3) is 0 Å². The molecule has 188 valence electrons. The van der Waals surface area contributed by atoms with E-state index >= 15 is 0 Å². The molecule has 5 aliphatic rings. The van der Waals surface area contributed by atoms with E-state index < -0.39 is 0 Å². The van der Waals surface area contributed by atoms with E-state index in [1.807, 2.05) is 41.5 Å². The number of hydrogen-bond acceptors (Lipinski definition) is 3. The zero-order chi connectivity index (χ0) is 23.9. The van der Waals surface area contributed by atoms with Crippen LogP contribution in [-0.2, 0) is 14.3 Å². The van der Waals surface area contributed by atoms with Crippen LogP contribution >= 0.6 is 0 Å². The lowest BCUT2D eigenvalue weighted by molar-refractivity contribution is -0.157. The summed E-state index contributed by atoms with van der Waals surface area (Å²) in [6, 6.07) is 0. The number of fused-ring (bicyclic) bond motifs is 5. The Bertz CT molecular complexity index is 569. The van der Waals surface area contributed by atoms with Crippen molar-refractivity contribution in [3.05, 3.63) is 0 Å². The number of carbonyl (C=O) groups is 1. The molecular formula is C29H54O3. The summed E-state index contributed by atoms with van der Waals surface area (Å²) in [6.45, 7) is 18.6. The second-order valence-corrected chi connectivity index (χ2v) is 10.6. The van der Waals surface area contributed by atoms with Gasteiger partial charge in [-0.05, 0) is 73.0 Å². The smallest absolute Gasteiger partial charge is 0.158 e. The molecule has 7 atom stereocenters. The Morgan fingerprint density at radius 2 is 1.41 bits per heavy atom. The Morgan fingerprint density at radius 3 is 2.06 bits per heavy atom. The standard InChI is InChI=1S/C23H36O3.3C2H6/c1-22-9-4-3-5-15(22)13-19(24)21-17-7-6-16(14-20-25-11-12-26-20)23(17,2)10-8-18(21)22;3*1-2/h15-18,20-21H,3-14H2,1-2H3;3*1-2H3/t15?,16-,17?,18?,21?,22?,23?;;;/m1.../s1. The first-order valence-electron chi connectivity index (χ1n) is 14.3. The second-order valence-electron chi connectivity index (χ2n) is 10.6. The molecule has 0 spiro atoms. The van der Waals surface area contributed by atoms with E-state index in [1.165, 1.54) is 51.4 Å². The minimum Gasteiger partial charge on any atom is -0.350 e. The lowest BCUT2D eigenvalue weighted by Crippen LogP contribution is -2.56. The van der Waals surface area contributed by atoms with Crippen LogP contribution in [0.15, 0.2) is 0 Å². The highest BCUT2D eigenvalue weighted by atomic mass is 16.7. The molecule has 0 bridgehead atoms. The molecule has 0 radical (unpaired) electrons. The normalized spacial score (nSPS) is 42.6. The van der Waals surface area contributed by atoms with Gasteiger partial charge in [0, 0.05) is 18.8 Å². The number of ketones is 1. The number of rotatable bonds is 2. The molecule has 4 saturated carbocycles. The maximum atomic E-state index is 13.3. The average molecular weight is 451 g/mol. The topological polar surface area (TPSA) is 35.5 Å². The molecule has 0 amide bonds. The summed E-state index contributed by atoms with van der Waals surface area (Å²) in [5, 5.41) is 0. The van der Waals surface area contributed by atoms with Crippen LogP contribution in [0, 0.1) is 40.4 Å². The largest absolute Gasteiger partial charge is 0.350 e. The van der Waals surface area contributed by atoms with Crippen molar-refractivity contribution in [1.29, 1.82) is 0 Å². The number of ether oxygens (including phenoxy) is 2. The highest BCUT2D eigenvalue weighted by Gasteiger charge is 2.62. The Kier molecular flexibility index (Phi) is 10.7. The first-order chi connectivity index (χ1) is 15.5. The van der Waals surface area contributed by atoms with Crippen LogP contribution in [0.3, 0.4) is 0 Å². The van der Waals surface area contributed by atoms with Gasteiger partial charge in [-0.15, -0.1) is 0 Å². The zero-order valence-electron chi connectivity index (χ0n) is 22.7. The van der Waals surface area contributed by atoms with Crippen molar-refractivity contribution in [2.45, 2.75) is 126 Å². The maximum Gasteiger partial charge on any atom is 0.158 e. The fourth-order valence-electron chi connectivity index (χ4n) is 8.23. The van der Waals surface area contributed by atoms with E-state index in [2.05, 4.69) is 13.8 Å². The molecule has 0 N–H and O–H groups in total. The molecule has 0 aromatic rings. The highest BCUT2D eigenvalue weighted by molar-refractivity contribution is 5.83. The third-order valence-corrected chi connectivity index (χ3v) is 9.75. The molecule has 0 aromatic heterocycles. The molecule has 1 saturated heterocycles. The van der Waals surface area contributed by atoms with E-state index in [0.717, 1.165) is 26.1 Å². The molecule has 1 aliphatic heterocycles. The third kappa shape index (κ3) is 4.99. The Labute approximate surface area is 199 Å². The van der Waals surface area contributed by atoms with Gasteiger partial charge in [0.1, 0.15) is 5.78 Å². The van der Waals surface area contributed by atoms with Crippen LogP contribution in [0.5, 0.6) is 0 Å². The molecule has 6 unspecified atom stereocenters. The fourth-order valence-corrected chi connectivity index (χ4v) is 8.23. The van der Waals surface area contributed by atoms with Gasteiger partial charge in [-0.2, -0.15) is 0 Å². The van der Waals surface area contributed by atoms with Crippen LogP contribution in [-0.4, -0.2) is 25.3 Å². The zero-order valence-corrected chi connectivity index (χ0v) is 22.7. The van der Waals surface area contributed by atoms with E-state index in [9.17, 15) is 4.79 Å². The summed E-state index contributed by atoms with van der Waals surface area (Å²) >= 11 is 0. The summed E-state index contributed by atoms with van der Waals surface area (Å²) in [4.78, 5) is 13.3. The Balaban J connectivity index is 0.000000561. The summed E-state index contributed by atoms with van der Waals surface area (Å²) in [6.07, 6.45) is 12.4. The summed E-state index contributed by atoms with van der Waals surface area (Å²) in [7, 11) is 0. The third-order valence-electron chi connectivity index (χ3n) is 9.75. The van der Waals surface area contributed by atoms with E-state index in [-0.39, 0.29) is 6.29 Å². The van der Waals surface area contributed by atoms with Crippen molar-refractivity contribution in [1.82, 2.24) is 0 Å². The minimum absolute atomic E-state index is 0.00981. The minimum atomic E-state index is 0.00981. The van der Waals surface area contributed by atoms with Crippen LogP contribution in [0.4, 0.5) is 0 Å². The molecule has 3 nitrogen and oxygen atoms in total. The predicted octanol–water partition coefficient (Wildman–Crippen LogP) is 8.06. The van der Waals surface area contributed by atoms with Crippen LogP contribution in [0.1, 0.15) is 120 Å². The van der Waals surface area contributed by atoms with Crippen LogP contribution < -0.4 is 0 Å². The molecule has 1 heterocycles. The van der Waals surface area contributed by atoms with E-state index in [1.54, 1.807) is 0 Å². The van der Waals surface area contributed by atoms with Gasteiger partial charge in [-0.25, -0.2) is 0 Å². The monoisotopic (exact) mass is 450 g/mol. The van der Waals surface area contributed by atoms with Gasteiger partial charge in [0.2, 0.25) is 0 Å². The van der Waals surface area contributed by atoms with Crippen molar-refractivity contribution in [3.63, 3.8) is 0 Å². The highest BCUT2D eigenvalue weighted by Crippen LogP contribution is 2.67. The summed E-state index contributed by atoms with van der Waals surface area (Å²) < 4.78 is 11.5. The summed E-state index contributed by atoms with van der Waals surface area (Å²) in [5.74, 6) is 3.59. The van der Waals surface area contributed by atoms with Gasteiger partial charge in [-0.3, -0.25) is 4.79 Å².